The first-order valence-electron chi connectivity index (χ1n) is 1.33. The predicted molar refractivity (Wildman–Crippen MR) is 33.9 cm³/mol. The van der Waals surface area contributed by atoms with Crippen LogP contribution in [0.3, 0.4) is 0 Å². The summed E-state index contributed by atoms with van der Waals surface area (Å²) in [5, 5.41) is 0. The number of rotatable bonds is 0. The van der Waals surface area contributed by atoms with Gasteiger partial charge in [0.15, 0.2) is 0 Å². The molecule has 0 aromatic heterocycles. The Bertz CT molecular complexity index is 214. The van der Waals surface area contributed by atoms with E-state index in [0.29, 0.717) is 0 Å². The van der Waals surface area contributed by atoms with Crippen molar-refractivity contribution in [3.05, 3.63) is 0 Å². The van der Waals surface area contributed by atoms with Gasteiger partial charge in [0, 0.05) is 20.8 Å². The molecule has 0 fully saturated rings. The molecule has 0 amide bonds. The van der Waals surface area contributed by atoms with E-state index in [1.807, 2.05) is 0 Å². The summed E-state index contributed by atoms with van der Waals surface area (Å²) in [6, 6.07) is 0. The average Bonchev–Trinajstić information content (AvgIpc) is 1.12. The zero-order chi connectivity index (χ0) is 9.00. The van der Waals surface area contributed by atoms with Crippen LogP contribution in [0, 0.1) is 0 Å². The van der Waals surface area contributed by atoms with E-state index in [2.05, 4.69) is 0 Å². The zero-order valence-electron chi connectivity index (χ0n) is 6.50. The minimum Gasteiger partial charge on any atom is -0.759 e. The molecule has 0 unspecified atom stereocenters. The Labute approximate surface area is 123 Å². The quantitative estimate of drug-likeness (QED) is 0.237. The van der Waals surface area contributed by atoms with Crippen molar-refractivity contribution in [1.29, 1.82) is 0 Å². The molecule has 14 heavy (non-hydrogen) atoms. The molecule has 4 N–H and O–H groups in total. The van der Waals surface area contributed by atoms with Gasteiger partial charge in [-0.3, -0.25) is 16.8 Å². The molecule has 0 rings (SSSR count). The Morgan fingerprint density at radius 1 is 0.643 bits per heavy atom. The maximum Gasteiger partial charge on any atom is 2.00 e. The third kappa shape index (κ3) is 895. The first-order chi connectivity index (χ1) is 4.00. The number of hydrogen-bond acceptors (Lipinski definition) is 8. The van der Waals surface area contributed by atoms with Crippen molar-refractivity contribution in [1.82, 2.24) is 0 Å². The molecule has 10 nitrogen and oxygen atoms in total. The number of hydrogen-bond donors (Lipinski definition) is 0. The molecule has 0 bridgehead atoms. The van der Waals surface area contributed by atoms with Crippen LogP contribution >= 0.6 is 0 Å². The minimum absolute atomic E-state index is 0. The van der Waals surface area contributed by atoms with E-state index in [4.69, 9.17) is 35.0 Å². The van der Waals surface area contributed by atoms with Crippen molar-refractivity contribution < 1.29 is 65.5 Å². The summed E-state index contributed by atoms with van der Waals surface area (Å²) in [7, 11) is -10.3. The fraction of sp³-hybridized carbons (Fsp3) is 0. The van der Waals surface area contributed by atoms with E-state index in [-0.39, 0.29) is 68.2 Å². The van der Waals surface area contributed by atoms with Crippen LogP contribution in [0.5, 0.6) is 0 Å². The normalized spacial score (nSPS) is 8.29. The van der Waals surface area contributed by atoms with Gasteiger partial charge in [0.1, 0.15) is 0 Å². The second-order valence-corrected chi connectivity index (χ2v) is 2.45. The van der Waals surface area contributed by atoms with Crippen LogP contribution in [-0.4, -0.2) is 83.7 Å². The summed E-state index contributed by atoms with van der Waals surface area (Å²) < 4.78 is 68.2. The molecule has 0 saturated heterocycles. The fourth-order valence-corrected chi connectivity index (χ4v) is 0. The maximum absolute atomic E-state index is 8.52. The van der Waals surface area contributed by atoms with Gasteiger partial charge in [0.05, 0.1) is 0 Å². The van der Waals surface area contributed by atoms with E-state index in [0.717, 1.165) is 0 Å². The summed E-state index contributed by atoms with van der Waals surface area (Å²) in [5.41, 5.74) is 0. The molecule has 0 saturated carbocycles. The van der Waals surface area contributed by atoms with Gasteiger partial charge in [-0.05, 0) is 0 Å². The summed E-state index contributed by atoms with van der Waals surface area (Å²) in [6.45, 7) is 0. The molecular weight excluding hydrogens is 330 g/mol. The molecule has 0 aliphatic heterocycles. The molecular formula is H4CaO10S2Zn. The smallest absolute Gasteiger partial charge is 0.759 e. The van der Waals surface area contributed by atoms with Gasteiger partial charge in [0.2, 0.25) is 0 Å². The van der Waals surface area contributed by atoms with Crippen LogP contribution in [0.4, 0.5) is 0 Å². The molecule has 0 aliphatic rings. The monoisotopic (exact) mass is 332 g/mol. The Morgan fingerprint density at radius 2 is 0.643 bits per heavy atom. The van der Waals surface area contributed by atoms with Crippen LogP contribution in [0.25, 0.3) is 0 Å². The van der Waals surface area contributed by atoms with Gasteiger partial charge < -0.3 is 29.2 Å². The van der Waals surface area contributed by atoms with Crippen LogP contribution in [-0.2, 0) is 40.3 Å². The van der Waals surface area contributed by atoms with Crippen LogP contribution in [0.2, 0.25) is 0 Å². The fourth-order valence-electron chi connectivity index (χ4n) is 0. The zero-order valence-corrected chi connectivity index (χ0v) is 13.3. The largest absolute Gasteiger partial charge is 2.00 e. The Kier molecular flexibility index (Phi) is 37.5. The molecule has 80 valence electrons. The molecule has 0 spiro atoms. The van der Waals surface area contributed by atoms with E-state index in [1.165, 1.54) is 0 Å². The van der Waals surface area contributed by atoms with E-state index < -0.39 is 20.8 Å². The summed E-state index contributed by atoms with van der Waals surface area (Å²) in [6.07, 6.45) is 0. The summed E-state index contributed by atoms with van der Waals surface area (Å²) in [4.78, 5) is 0. The van der Waals surface area contributed by atoms with Gasteiger partial charge in [-0.15, -0.1) is 0 Å². The summed E-state index contributed by atoms with van der Waals surface area (Å²) in [5.74, 6) is 0. The van der Waals surface area contributed by atoms with E-state index in [9.17, 15) is 0 Å². The van der Waals surface area contributed by atoms with Crippen molar-refractivity contribution in [2.45, 2.75) is 0 Å². The molecule has 0 radical (unpaired) electrons. The van der Waals surface area contributed by atoms with Gasteiger partial charge in [-0.1, -0.05) is 0 Å². The van der Waals surface area contributed by atoms with E-state index >= 15 is 0 Å². The van der Waals surface area contributed by atoms with Crippen molar-refractivity contribution in [3.8, 4) is 0 Å². The van der Waals surface area contributed by atoms with Gasteiger partial charge in [0.25, 0.3) is 0 Å². The molecule has 0 aromatic rings. The topological polar surface area (TPSA) is 224 Å². The third-order valence-electron chi connectivity index (χ3n) is 0. The van der Waals surface area contributed by atoms with Crippen molar-refractivity contribution >= 4 is 58.5 Å². The minimum atomic E-state index is -5.17. The van der Waals surface area contributed by atoms with Crippen molar-refractivity contribution in [3.63, 3.8) is 0 Å². The van der Waals surface area contributed by atoms with Crippen LogP contribution < -0.4 is 0 Å². The van der Waals surface area contributed by atoms with Gasteiger partial charge >= 0.3 is 57.2 Å². The SMILES string of the molecule is O.O.O=S(=O)([O-])[O-].O=S(=O)([O-])[O-].[Ca+2].[Zn+2]. The first-order valence-corrected chi connectivity index (χ1v) is 4.00. The van der Waals surface area contributed by atoms with Gasteiger partial charge in [-0.25, -0.2) is 0 Å². The molecule has 0 heterocycles. The second-order valence-electron chi connectivity index (χ2n) is 0.816. The Hall–Kier alpha value is 1.54. The molecule has 0 aliphatic carbocycles. The molecule has 14 heteroatoms. The standard InChI is InChI=1S/Ca.2H2O4S.2H2O.Zn/c;2*1-5(2,3)4;;;/h;2*(H2,1,2,3,4);2*1H2;/q+2;;;;;+2/p-4. The Balaban J connectivity index is -0.0000000178. The van der Waals surface area contributed by atoms with Crippen molar-refractivity contribution in [2.24, 2.45) is 0 Å². The van der Waals surface area contributed by atoms with Gasteiger partial charge in [-0.2, -0.15) is 0 Å². The maximum atomic E-state index is 8.52. The second kappa shape index (κ2) is 14.5. The van der Waals surface area contributed by atoms with Crippen LogP contribution in [0.1, 0.15) is 0 Å². The molecule has 0 aromatic carbocycles. The first kappa shape index (κ1) is 36.1. The van der Waals surface area contributed by atoms with E-state index in [1.54, 1.807) is 0 Å². The molecule has 0 atom stereocenters. The average molecular weight is 334 g/mol. The third-order valence-corrected chi connectivity index (χ3v) is 0. The Morgan fingerprint density at radius 3 is 0.643 bits per heavy atom. The van der Waals surface area contributed by atoms with Crippen molar-refractivity contribution in [2.75, 3.05) is 0 Å². The summed E-state index contributed by atoms with van der Waals surface area (Å²) >= 11 is 0. The predicted octanol–water partition coefficient (Wildman–Crippen LogP) is -4.71. The van der Waals surface area contributed by atoms with Crippen LogP contribution in [0.15, 0.2) is 0 Å².